The van der Waals surface area contributed by atoms with Gasteiger partial charge >= 0.3 is 6.03 Å². The third-order valence-electron chi connectivity index (χ3n) is 4.61. The Labute approximate surface area is 148 Å². The molecule has 136 valence electrons. The molecule has 2 unspecified atom stereocenters. The summed E-state index contributed by atoms with van der Waals surface area (Å²) < 4.78 is 0. The van der Waals surface area contributed by atoms with E-state index in [1.807, 2.05) is 26.1 Å². The smallest absolute Gasteiger partial charge is 0.316 e. The van der Waals surface area contributed by atoms with Gasteiger partial charge in [0, 0.05) is 32.1 Å². The second kappa shape index (κ2) is 7.77. The van der Waals surface area contributed by atoms with E-state index in [1.54, 1.807) is 0 Å². The number of likely N-dealkylation sites (N-methyl/N-ethyl adjacent to an activating group) is 1. The molecule has 2 aliphatic heterocycles. The second-order valence-electron chi connectivity index (χ2n) is 6.68. The Balaban J connectivity index is 1.83. The monoisotopic (exact) mass is 345 g/mol. The van der Waals surface area contributed by atoms with E-state index < -0.39 is 0 Å². The van der Waals surface area contributed by atoms with Gasteiger partial charge in [0.2, 0.25) is 0 Å². The van der Waals surface area contributed by atoms with Crippen LogP contribution in [0.4, 0.5) is 10.6 Å². The molecular formula is C17H27N7O. The number of fused-ring (bicyclic) bond motifs is 1. The minimum absolute atomic E-state index is 0.0714. The summed E-state index contributed by atoms with van der Waals surface area (Å²) in [6, 6.07) is -0.209. The first-order chi connectivity index (χ1) is 12.1. The predicted molar refractivity (Wildman–Crippen MR) is 96.8 cm³/mol. The molecule has 0 bridgehead atoms. The van der Waals surface area contributed by atoms with Crippen molar-refractivity contribution in [3.8, 4) is 0 Å². The molecule has 1 saturated heterocycles. The van der Waals surface area contributed by atoms with Gasteiger partial charge in [0.15, 0.2) is 5.49 Å². The summed E-state index contributed by atoms with van der Waals surface area (Å²) in [6.07, 6.45) is 4.64. The van der Waals surface area contributed by atoms with Gasteiger partial charge in [-0.05, 0) is 33.0 Å². The van der Waals surface area contributed by atoms with Crippen LogP contribution in [-0.4, -0.2) is 66.8 Å². The molecule has 0 aromatic carbocycles. The van der Waals surface area contributed by atoms with E-state index in [-0.39, 0.29) is 18.1 Å². The lowest BCUT2D eigenvalue weighted by molar-refractivity contribution is 0.235. The number of nitrogens with one attached hydrogen (secondary N) is 2. The van der Waals surface area contributed by atoms with Crippen LogP contribution in [-0.2, 0) is 0 Å². The van der Waals surface area contributed by atoms with Crippen LogP contribution in [0.5, 0.6) is 0 Å². The van der Waals surface area contributed by atoms with Crippen molar-refractivity contribution in [2.24, 2.45) is 10.9 Å². The molecule has 3 heterocycles. The van der Waals surface area contributed by atoms with E-state index in [1.165, 1.54) is 0 Å². The molecule has 8 nitrogen and oxygen atoms in total. The second-order valence-corrected chi connectivity index (χ2v) is 6.68. The highest BCUT2D eigenvalue weighted by Gasteiger charge is 2.21. The van der Waals surface area contributed by atoms with Crippen molar-refractivity contribution in [2.45, 2.75) is 26.4 Å². The van der Waals surface area contributed by atoms with Crippen molar-refractivity contribution in [2.75, 3.05) is 44.7 Å². The number of anilines is 1. The lowest BCUT2D eigenvalue weighted by atomic mass is 10.1. The number of urea groups is 1. The van der Waals surface area contributed by atoms with E-state index in [0.29, 0.717) is 12.0 Å². The molecule has 2 atom stereocenters. The van der Waals surface area contributed by atoms with E-state index >= 15 is 0 Å². The molecule has 1 aromatic rings. The Kier molecular flexibility index (Phi) is 5.47. The first-order valence-electron chi connectivity index (χ1n) is 8.97. The first-order valence-corrected chi connectivity index (χ1v) is 8.97. The van der Waals surface area contributed by atoms with Gasteiger partial charge in [-0.25, -0.2) is 19.8 Å². The Hall–Kier alpha value is -2.22. The molecule has 0 spiro atoms. The fourth-order valence-electron chi connectivity index (χ4n) is 3.12. The molecule has 2 amide bonds. The molecule has 0 saturated carbocycles. The number of carbonyl (C=O) groups is 1. The molecule has 0 aliphatic carbocycles. The van der Waals surface area contributed by atoms with Crippen LogP contribution >= 0.6 is 0 Å². The fourth-order valence-corrected chi connectivity index (χ4v) is 3.12. The summed E-state index contributed by atoms with van der Waals surface area (Å²) in [7, 11) is 2.14. The van der Waals surface area contributed by atoms with Gasteiger partial charge in [-0.1, -0.05) is 6.92 Å². The Morgan fingerprint density at radius 2 is 2.16 bits per heavy atom. The number of hydrogen-bond acceptors (Lipinski definition) is 6. The number of carbonyl (C=O) groups excluding carboxylic acids is 1. The standard InChI is InChI=1S/C17H27N7O/c1-4-18-17(25)22-15-12(2)10-13-16(21-15)20-14(11-19-13)24-7-5-6-23(3)8-9-24/h10-12,15H,4-9H2,1-3H3,(H2,18,22,25). The third kappa shape index (κ3) is 4.25. The third-order valence-corrected chi connectivity index (χ3v) is 4.61. The molecule has 8 heteroatoms. The van der Waals surface area contributed by atoms with Gasteiger partial charge in [-0.15, -0.1) is 0 Å². The van der Waals surface area contributed by atoms with Gasteiger partial charge in [0.1, 0.15) is 17.3 Å². The molecule has 0 radical (unpaired) electrons. The summed E-state index contributed by atoms with van der Waals surface area (Å²) in [5, 5.41) is 6.42. The number of aromatic nitrogens is 2. The Morgan fingerprint density at radius 1 is 1.32 bits per heavy atom. The van der Waals surface area contributed by atoms with E-state index in [4.69, 9.17) is 4.98 Å². The van der Waals surface area contributed by atoms with E-state index in [9.17, 15) is 4.79 Å². The maximum atomic E-state index is 11.8. The number of amides is 2. The molecule has 1 aromatic heterocycles. The molecule has 2 aliphatic rings. The van der Waals surface area contributed by atoms with E-state index in [2.05, 4.69) is 37.5 Å². The zero-order chi connectivity index (χ0) is 17.8. The lowest BCUT2D eigenvalue weighted by Gasteiger charge is -2.23. The SMILES string of the molecule is CCNC(=O)NC1N=c2nc(N3CCCN(C)CC3)cnc2=CC1C. The van der Waals surface area contributed by atoms with Crippen molar-refractivity contribution in [3.05, 3.63) is 17.0 Å². The topological polar surface area (TPSA) is 85.7 Å². The number of rotatable bonds is 3. The van der Waals surface area contributed by atoms with Gasteiger partial charge in [-0.2, -0.15) is 0 Å². The van der Waals surface area contributed by atoms with Crippen molar-refractivity contribution < 1.29 is 4.79 Å². The van der Waals surface area contributed by atoms with Crippen LogP contribution in [0.2, 0.25) is 0 Å². The largest absolute Gasteiger partial charge is 0.354 e. The van der Waals surface area contributed by atoms with Crippen LogP contribution in [0.1, 0.15) is 20.3 Å². The normalized spacial score (nSPS) is 23.7. The fraction of sp³-hybridized carbons (Fsp3) is 0.647. The van der Waals surface area contributed by atoms with Crippen molar-refractivity contribution >= 4 is 17.9 Å². The summed E-state index contributed by atoms with van der Waals surface area (Å²) in [4.78, 5) is 30.3. The van der Waals surface area contributed by atoms with Gasteiger partial charge in [0.05, 0.1) is 6.20 Å². The maximum Gasteiger partial charge on any atom is 0.316 e. The van der Waals surface area contributed by atoms with Crippen molar-refractivity contribution in [1.82, 2.24) is 25.5 Å². The van der Waals surface area contributed by atoms with Crippen molar-refractivity contribution in [3.63, 3.8) is 0 Å². The summed E-state index contributed by atoms with van der Waals surface area (Å²) in [6.45, 7) is 8.51. The van der Waals surface area contributed by atoms with Crippen LogP contribution < -0.4 is 26.4 Å². The average Bonchev–Trinajstić information content (AvgIpc) is 2.80. The first kappa shape index (κ1) is 17.6. The summed E-state index contributed by atoms with van der Waals surface area (Å²) in [5.41, 5.74) is 0.606. The maximum absolute atomic E-state index is 11.8. The zero-order valence-electron chi connectivity index (χ0n) is 15.2. The van der Waals surface area contributed by atoms with Gasteiger partial charge in [0.25, 0.3) is 0 Å². The predicted octanol–water partition coefficient (Wildman–Crippen LogP) is -0.686. The highest BCUT2D eigenvalue weighted by atomic mass is 16.2. The highest BCUT2D eigenvalue weighted by molar-refractivity contribution is 5.74. The Morgan fingerprint density at radius 3 is 2.96 bits per heavy atom. The Bertz CT molecular complexity index is 735. The van der Waals surface area contributed by atoms with Crippen LogP contribution in [0, 0.1) is 5.92 Å². The van der Waals surface area contributed by atoms with Gasteiger partial charge < -0.3 is 20.4 Å². The van der Waals surface area contributed by atoms with Crippen molar-refractivity contribution in [1.29, 1.82) is 0 Å². The highest BCUT2D eigenvalue weighted by Crippen LogP contribution is 2.11. The molecule has 3 rings (SSSR count). The minimum Gasteiger partial charge on any atom is -0.354 e. The summed E-state index contributed by atoms with van der Waals surface area (Å²) in [5.74, 6) is 0.930. The number of hydrogen-bond donors (Lipinski definition) is 2. The van der Waals surface area contributed by atoms with Crippen LogP contribution in [0.3, 0.4) is 0 Å². The minimum atomic E-state index is -0.320. The zero-order valence-corrected chi connectivity index (χ0v) is 15.2. The van der Waals surface area contributed by atoms with E-state index in [0.717, 1.165) is 43.8 Å². The quantitative estimate of drug-likeness (QED) is 0.758. The average molecular weight is 345 g/mol. The molecule has 1 fully saturated rings. The van der Waals surface area contributed by atoms with Crippen LogP contribution in [0.15, 0.2) is 11.2 Å². The molecular weight excluding hydrogens is 318 g/mol. The number of nitrogens with zero attached hydrogens (tertiary/aromatic N) is 5. The molecule has 2 N–H and O–H groups in total. The summed E-state index contributed by atoms with van der Waals surface area (Å²) >= 11 is 0. The van der Waals surface area contributed by atoms with Gasteiger partial charge in [-0.3, -0.25) is 0 Å². The molecule has 25 heavy (non-hydrogen) atoms. The lowest BCUT2D eigenvalue weighted by Crippen LogP contribution is -2.49. The van der Waals surface area contributed by atoms with Crippen LogP contribution in [0.25, 0.3) is 6.08 Å².